The maximum Gasteiger partial charge on any atom is 0.159 e. The van der Waals surface area contributed by atoms with E-state index in [1.165, 1.54) is 22.5 Å². The van der Waals surface area contributed by atoms with Gasteiger partial charge in [0.25, 0.3) is 0 Å². The quantitative estimate of drug-likeness (QED) is 0.421. The maximum absolute atomic E-state index is 4.36. The molecule has 1 aromatic heterocycles. The minimum absolute atomic E-state index is 0.0402. The molecule has 136 valence electrons. The van der Waals surface area contributed by atoms with Gasteiger partial charge in [-0.15, -0.1) is 0 Å². The van der Waals surface area contributed by atoms with Gasteiger partial charge in [-0.1, -0.05) is 50.2 Å². The summed E-state index contributed by atoms with van der Waals surface area (Å²) in [5.41, 5.74) is 7.25. The summed E-state index contributed by atoms with van der Waals surface area (Å²) in [6.07, 6.45) is 3.55. The van der Waals surface area contributed by atoms with Gasteiger partial charge in [-0.3, -0.25) is 0 Å². The molecule has 0 unspecified atom stereocenters. The fraction of sp³-hybridized carbons (Fsp3) is 0.120. The normalized spacial score (nSPS) is 14.3. The predicted molar refractivity (Wildman–Crippen MR) is 114 cm³/mol. The summed E-state index contributed by atoms with van der Waals surface area (Å²) in [6.45, 7) is 4.61. The Morgan fingerprint density at radius 3 is 1.75 bits per heavy atom. The lowest BCUT2D eigenvalue weighted by Crippen LogP contribution is -2.30. The zero-order chi connectivity index (χ0) is 19.1. The van der Waals surface area contributed by atoms with Gasteiger partial charge in [-0.25, -0.2) is 9.97 Å². The first-order valence-electron chi connectivity index (χ1n) is 9.53. The van der Waals surface area contributed by atoms with Crippen molar-refractivity contribution in [2.24, 2.45) is 0 Å². The lowest BCUT2D eigenvalue weighted by molar-refractivity contribution is 0.632. The SMILES string of the molecule is CC1(C)c2ccccc2N(c2ccc(-c3ncccn3)cc2)c2ccccc21. The van der Waals surface area contributed by atoms with Crippen molar-refractivity contribution in [3.63, 3.8) is 0 Å². The van der Waals surface area contributed by atoms with E-state index in [1.54, 1.807) is 12.4 Å². The molecule has 0 radical (unpaired) electrons. The highest BCUT2D eigenvalue weighted by Gasteiger charge is 2.36. The third-order valence-corrected chi connectivity index (χ3v) is 5.59. The molecular formula is C25H21N3. The van der Waals surface area contributed by atoms with Gasteiger partial charge in [0.15, 0.2) is 5.82 Å². The van der Waals surface area contributed by atoms with E-state index in [4.69, 9.17) is 0 Å². The average molecular weight is 363 g/mol. The van der Waals surface area contributed by atoms with E-state index in [-0.39, 0.29) is 5.41 Å². The first kappa shape index (κ1) is 16.7. The summed E-state index contributed by atoms with van der Waals surface area (Å²) >= 11 is 0. The van der Waals surface area contributed by atoms with E-state index in [0.717, 1.165) is 17.1 Å². The van der Waals surface area contributed by atoms with E-state index >= 15 is 0 Å². The van der Waals surface area contributed by atoms with Crippen LogP contribution in [0.1, 0.15) is 25.0 Å². The molecule has 0 saturated heterocycles. The van der Waals surface area contributed by atoms with Gasteiger partial charge in [0.2, 0.25) is 0 Å². The number of fused-ring (bicyclic) bond motifs is 2. The van der Waals surface area contributed by atoms with Crippen molar-refractivity contribution >= 4 is 17.1 Å². The van der Waals surface area contributed by atoms with Gasteiger partial charge in [0.05, 0.1) is 11.4 Å². The van der Waals surface area contributed by atoms with Crippen molar-refractivity contribution < 1.29 is 0 Å². The molecule has 0 fully saturated rings. The summed E-state index contributed by atoms with van der Waals surface area (Å²) in [4.78, 5) is 11.1. The second-order valence-corrected chi connectivity index (χ2v) is 7.61. The van der Waals surface area contributed by atoms with Crippen molar-refractivity contribution in [2.75, 3.05) is 4.90 Å². The molecule has 2 heterocycles. The third kappa shape index (κ3) is 2.51. The van der Waals surface area contributed by atoms with E-state index < -0.39 is 0 Å². The fourth-order valence-corrected chi connectivity index (χ4v) is 4.16. The van der Waals surface area contributed by atoms with E-state index in [1.807, 2.05) is 6.07 Å². The van der Waals surface area contributed by atoms with Crippen LogP contribution < -0.4 is 4.90 Å². The molecule has 28 heavy (non-hydrogen) atoms. The first-order chi connectivity index (χ1) is 13.7. The summed E-state index contributed by atoms with van der Waals surface area (Å²) in [5, 5.41) is 0. The standard InChI is InChI=1S/C25H21N3/c1-25(2)20-8-3-5-10-22(20)28(23-11-6-4-9-21(23)25)19-14-12-18(13-15-19)24-26-16-7-17-27-24/h3-17H,1-2H3. The number of para-hydroxylation sites is 2. The predicted octanol–water partition coefficient (Wildman–Crippen LogP) is 6.25. The van der Waals surface area contributed by atoms with E-state index in [9.17, 15) is 0 Å². The molecule has 0 saturated carbocycles. The molecule has 1 aliphatic heterocycles. The molecule has 5 rings (SSSR count). The largest absolute Gasteiger partial charge is 0.310 e. The van der Waals surface area contributed by atoms with Crippen LogP contribution in [0.4, 0.5) is 17.1 Å². The Hall–Kier alpha value is -3.46. The lowest BCUT2D eigenvalue weighted by atomic mass is 9.73. The van der Waals surface area contributed by atoms with Gasteiger partial charge < -0.3 is 4.90 Å². The second-order valence-electron chi connectivity index (χ2n) is 7.61. The number of hydrogen-bond acceptors (Lipinski definition) is 3. The molecule has 3 aromatic carbocycles. The van der Waals surface area contributed by atoms with Crippen molar-refractivity contribution in [1.29, 1.82) is 0 Å². The van der Waals surface area contributed by atoms with Crippen LogP contribution in [0.5, 0.6) is 0 Å². The maximum atomic E-state index is 4.36. The van der Waals surface area contributed by atoms with Gasteiger partial charge in [0.1, 0.15) is 0 Å². The topological polar surface area (TPSA) is 29.0 Å². The number of hydrogen-bond donors (Lipinski definition) is 0. The number of aromatic nitrogens is 2. The Kier molecular flexibility index (Phi) is 3.76. The monoisotopic (exact) mass is 363 g/mol. The third-order valence-electron chi connectivity index (χ3n) is 5.59. The van der Waals surface area contributed by atoms with Crippen LogP contribution in [0.3, 0.4) is 0 Å². The summed E-state index contributed by atoms with van der Waals surface area (Å²) in [7, 11) is 0. The van der Waals surface area contributed by atoms with Gasteiger partial charge in [0, 0.05) is 29.1 Å². The molecule has 0 atom stereocenters. The zero-order valence-corrected chi connectivity index (χ0v) is 16.0. The number of benzene rings is 3. The Balaban J connectivity index is 1.67. The van der Waals surface area contributed by atoms with Crippen LogP contribution in [0.2, 0.25) is 0 Å². The molecule has 4 aromatic rings. The van der Waals surface area contributed by atoms with Crippen molar-refractivity contribution in [3.8, 4) is 11.4 Å². The Bertz CT molecular complexity index is 1080. The number of nitrogens with zero attached hydrogens (tertiary/aromatic N) is 3. The molecule has 3 heteroatoms. The summed E-state index contributed by atoms with van der Waals surface area (Å²) in [6, 6.07) is 27.7. The molecule has 1 aliphatic rings. The second kappa shape index (κ2) is 6.31. The van der Waals surface area contributed by atoms with E-state index in [2.05, 4.69) is 102 Å². The molecule has 0 amide bonds. The van der Waals surface area contributed by atoms with Crippen molar-refractivity contribution in [2.45, 2.75) is 19.3 Å². The lowest BCUT2D eigenvalue weighted by Gasteiger charge is -2.42. The molecule has 0 aliphatic carbocycles. The van der Waals surface area contributed by atoms with Gasteiger partial charge in [-0.05, 0) is 53.6 Å². The summed E-state index contributed by atoms with van der Waals surface area (Å²) in [5.74, 6) is 0.745. The Morgan fingerprint density at radius 1 is 0.643 bits per heavy atom. The minimum atomic E-state index is -0.0402. The molecular weight excluding hydrogens is 342 g/mol. The smallest absolute Gasteiger partial charge is 0.159 e. The fourth-order valence-electron chi connectivity index (χ4n) is 4.16. The molecule has 3 nitrogen and oxygen atoms in total. The summed E-state index contributed by atoms with van der Waals surface area (Å²) < 4.78 is 0. The highest BCUT2D eigenvalue weighted by Crippen LogP contribution is 2.51. The van der Waals surface area contributed by atoms with Crippen molar-refractivity contribution in [1.82, 2.24) is 9.97 Å². The zero-order valence-electron chi connectivity index (χ0n) is 16.0. The highest BCUT2D eigenvalue weighted by molar-refractivity contribution is 5.86. The van der Waals surface area contributed by atoms with Gasteiger partial charge in [-0.2, -0.15) is 0 Å². The van der Waals surface area contributed by atoms with Crippen LogP contribution in [-0.2, 0) is 5.41 Å². The van der Waals surface area contributed by atoms with Gasteiger partial charge >= 0.3 is 0 Å². The van der Waals surface area contributed by atoms with Crippen LogP contribution >= 0.6 is 0 Å². The molecule has 0 bridgehead atoms. The Labute approximate surface area is 165 Å². The molecule has 0 N–H and O–H groups in total. The number of rotatable bonds is 2. The first-order valence-corrected chi connectivity index (χ1v) is 9.53. The van der Waals surface area contributed by atoms with Crippen LogP contribution in [0, 0.1) is 0 Å². The minimum Gasteiger partial charge on any atom is -0.310 e. The van der Waals surface area contributed by atoms with Crippen LogP contribution in [0.25, 0.3) is 11.4 Å². The molecule has 0 spiro atoms. The average Bonchev–Trinajstić information content (AvgIpc) is 2.75. The number of anilines is 3. The van der Waals surface area contributed by atoms with E-state index in [0.29, 0.717) is 0 Å². The van der Waals surface area contributed by atoms with Crippen molar-refractivity contribution in [3.05, 3.63) is 102 Å². The highest BCUT2D eigenvalue weighted by atomic mass is 15.2. The van der Waals surface area contributed by atoms with Crippen LogP contribution in [-0.4, -0.2) is 9.97 Å². The Morgan fingerprint density at radius 2 is 1.18 bits per heavy atom. The van der Waals surface area contributed by atoms with Crippen LogP contribution in [0.15, 0.2) is 91.3 Å².